The number of carbonyl (C=O) groups excluding carboxylic acids is 1. The van der Waals surface area contributed by atoms with Crippen LogP contribution in [0.3, 0.4) is 0 Å². The van der Waals surface area contributed by atoms with Gasteiger partial charge in [0.1, 0.15) is 16.1 Å². The highest BCUT2D eigenvalue weighted by Gasteiger charge is 2.12. The van der Waals surface area contributed by atoms with Crippen molar-refractivity contribution in [3.8, 4) is 6.07 Å². The second kappa shape index (κ2) is 8.25. The molecule has 0 radical (unpaired) electrons. The molecule has 0 aliphatic heterocycles. The maximum absolute atomic E-state index is 12.1. The maximum Gasteiger partial charge on any atom is 0.236 e. The van der Waals surface area contributed by atoms with Crippen molar-refractivity contribution < 1.29 is 4.79 Å². The van der Waals surface area contributed by atoms with Crippen molar-refractivity contribution in [3.05, 3.63) is 40.4 Å². The van der Waals surface area contributed by atoms with Gasteiger partial charge in [-0.2, -0.15) is 5.26 Å². The number of aryl methyl sites for hydroxylation is 2. The highest BCUT2D eigenvalue weighted by molar-refractivity contribution is 8.00. The highest BCUT2D eigenvalue weighted by atomic mass is 32.2. The van der Waals surface area contributed by atoms with Crippen LogP contribution in [0.25, 0.3) is 10.9 Å². The van der Waals surface area contributed by atoms with Crippen LogP contribution in [0.1, 0.15) is 30.0 Å². The van der Waals surface area contributed by atoms with Gasteiger partial charge >= 0.3 is 0 Å². The molecular weight excluding hydrogens is 366 g/mol. The fourth-order valence-electron chi connectivity index (χ4n) is 2.35. The van der Waals surface area contributed by atoms with Crippen LogP contribution in [0.4, 0.5) is 5.13 Å². The maximum atomic E-state index is 12.1. The lowest BCUT2D eigenvalue weighted by atomic mass is 10.1. The number of nitriles is 1. The van der Waals surface area contributed by atoms with Gasteiger partial charge in [0.2, 0.25) is 11.0 Å². The summed E-state index contributed by atoms with van der Waals surface area (Å²) in [5.41, 5.74) is 2.50. The Labute approximate surface area is 159 Å². The van der Waals surface area contributed by atoms with E-state index in [0.29, 0.717) is 15.7 Å². The molecule has 0 aliphatic rings. The molecule has 132 valence electrons. The predicted molar refractivity (Wildman–Crippen MR) is 104 cm³/mol. The number of anilines is 1. The molecule has 6 nitrogen and oxygen atoms in total. The van der Waals surface area contributed by atoms with Crippen molar-refractivity contribution in [3.63, 3.8) is 0 Å². The van der Waals surface area contributed by atoms with Gasteiger partial charge in [-0.1, -0.05) is 43.0 Å². The molecule has 2 aromatic heterocycles. The quantitative estimate of drug-likeness (QED) is 0.651. The lowest BCUT2D eigenvalue weighted by molar-refractivity contribution is -0.113. The van der Waals surface area contributed by atoms with E-state index in [2.05, 4.69) is 33.5 Å². The zero-order valence-corrected chi connectivity index (χ0v) is 16.1. The first kappa shape index (κ1) is 18.3. The Hall–Kier alpha value is -2.50. The van der Waals surface area contributed by atoms with Crippen LogP contribution in [-0.2, 0) is 17.6 Å². The number of hydrogen-bond donors (Lipinski definition) is 1. The summed E-state index contributed by atoms with van der Waals surface area (Å²) < 4.78 is 0. The number of aromatic nitrogens is 3. The minimum absolute atomic E-state index is 0.154. The largest absolute Gasteiger partial charge is 0.300 e. The monoisotopic (exact) mass is 383 g/mol. The Morgan fingerprint density at radius 1 is 1.27 bits per heavy atom. The molecule has 3 aromatic rings. The van der Waals surface area contributed by atoms with Gasteiger partial charge in [-0.25, -0.2) is 4.98 Å². The third kappa shape index (κ3) is 4.18. The average Bonchev–Trinajstić information content (AvgIpc) is 3.12. The summed E-state index contributed by atoms with van der Waals surface area (Å²) in [6.45, 7) is 4.07. The van der Waals surface area contributed by atoms with E-state index in [9.17, 15) is 10.1 Å². The molecule has 1 amide bonds. The number of nitrogens with zero attached hydrogens (tertiary/aromatic N) is 4. The van der Waals surface area contributed by atoms with Crippen molar-refractivity contribution in [1.82, 2.24) is 15.2 Å². The molecule has 0 atom stereocenters. The van der Waals surface area contributed by atoms with Gasteiger partial charge in [0, 0.05) is 5.39 Å². The normalized spacial score (nSPS) is 10.7. The molecule has 26 heavy (non-hydrogen) atoms. The number of hydrogen-bond acceptors (Lipinski definition) is 7. The van der Waals surface area contributed by atoms with Gasteiger partial charge in [0.05, 0.1) is 16.8 Å². The van der Waals surface area contributed by atoms with Crippen LogP contribution in [0, 0.1) is 11.3 Å². The van der Waals surface area contributed by atoms with Gasteiger partial charge in [-0.15, -0.1) is 10.2 Å². The van der Waals surface area contributed by atoms with Gasteiger partial charge in [-0.3, -0.25) is 10.1 Å². The standard InChI is InChI=1S/C18H17N5OS2/c1-3-11-5-6-14-12(7-11)8-13(9-19)17(20-14)25-10-15(24)21-18-23-22-16(4-2)26-18/h5-8H,3-4,10H2,1-2H3,(H,21,23,24). The first-order chi connectivity index (χ1) is 12.6. The van der Waals surface area contributed by atoms with Crippen LogP contribution in [0.15, 0.2) is 29.3 Å². The zero-order chi connectivity index (χ0) is 18.5. The first-order valence-electron chi connectivity index (χ1n) is 8.21. The molecular formula is C18H17N5OS2. The summed E-state index contributed by atoms with van der Waals surface area (Å²) in [6.07, 6.45) is 1.72. The van der Waals surface area contributed by atoms with E-state index in [4.69, 9.17) is 0 Å². The Balaban J connectivity index is 1.73. The van der Waals surface area contributed by atoms with Crippen LogP contribution in [0.2, 0.25) is 0 Å². The number of carbonyl (C=O) groups is 1. The van der Waals surface area contributed by atoms with E-state index in [0.717, 1.165) is 28.8 Å². The van der Waals surface area contributed by atoms with E-state index >= 15 is 0 Å². The van der Waals surface area contributed by atoms with Crippen LogP contribution < -0.4 is 5.32 Å². The van der Waals surface area contributed by atoms with Crippen LogP contribution in [0.5, 0.6) is 0 Å². The second-order valence-corrected chi connectivity index (χ2v) is 7.55. The van der Waals surface area contributed by atoms with Gasteiger partial charge in [0.25, 0.3) is 0 Å². The Kier molecular flexibility index (Phi) is 5.81. The van der Waals surface area contributed by atoms with Gasteiger partial charge in [-0.05, 0) is 36.6 Å². The molecule has 0 unspecified atom stereocenters. The first-order valence-corrected chi connectivity index (χ1v) is 10.0. The summed E-state index contributed by atoms with van der Waals surface area (Å²) in [4.78, 5) is 16.7. The minimum Gasteiger partial charge on any atom is -0.300 e. The Morgan fingerprint density at radius 2 is 2.12 bits per heavy atom. The van der Waals surface area contributed by atoms with Crippen molar-refractivity contribution in [2.45, 2.75) is 31.7 Å². The number of rotatable bonds is 6. The number of pyridine rings is 1. The van der Waals surface area contributed by atoms with Gasteiger partial charge < -0.3 is 0 Å². The molecule has 0 bridgehead atoms. The molecule has 1 aromatic carbocycles. The SMILES string of the molecule is CCc1ccc2nc(SCC(=O)Nc3nnc(CC)s3)c(C#N)cc2c1. The number of fused-ring (bicyclic) bond motifs is 1. The van der Waals surface area contributed by atoms with E-state index < -0.39 is 0 Å². The molecule has 0 aliphatic carbocycles. The fourth-order valence-corrected chi connectivity index (χ4v) is 3.81. The number of nitrogens with one attached hydrogen (secondary N) is 1. The lowest BCUT2D eigenvalue weighted by Gasteiger charge is -2.07. The third-order valence-corrected chi connectivity index (χ3v) is 5.70. The van der Waals surface area contributed by atoms with E-state index in [1.807, 2.05) is 31.2 Å². The van der Waals surface area contributed by atoms with Crippen LogP contribution >= 0.6 is 23.1 Å². The highest BCUT2D eigenvalue weighted by Crippen LogP contribution is 2.26. The van der Waals surface area contributed by atoms with Crippen molar-refractivity contribution in [1.29, 1.82) is 5.26 Å². The molecule has 1 N–H and O–H groups in total. The molecule has 0 fully saturated rings. The van der Waals surface area contributed by atoms with Crippen molar-refractivity contribution in [2.75, 3.05) is 11.1 Å². The summed E-state index contributed by atoms with van der Waals surface area (Å²) in [7, 11) is 0. The summed E-state index contributed by atoms with van der Waals surface area (Å²) >= 11 is 2.61. The Morgan fingerprint density at radius 3 is 2.81 bits per heavy atom. The van der Waals surface area contributed by atoms with E-state index in [1.54, 1.807) is 0 Å². The summed E-state index contributed by atoms with van der Waals surface area (Å²) in [5, 5.41) is 22.9. The van der Waals surface area contributed by atoms with Crippen LogP contribution in [-0.4, -0.2) is 26.8 Å². The van der Waals surface area contributed by atoms with Gasteiger partial charge in [0.15, 0.2) is 0 Å². The molecule has 3 rings (SSSR count). The average molecular weight is 384 g/mol. The summed E-state index contributed by atoms with van der Waals surface area (Å²) in [6, 6.07) is 10.0. The minimum atomic E-state index is -0.194. The zero-order valence-electron chi connectivity index (χ0n) is 14.4. The number of amides is 1. The van der Waals surface area contributed by atoms with Crippen molar-refractivity contribution >= 4 is 45.0 Å². The van der Waals surface area contributed by atoms with E-state index in [-0.39, 0.29) is 11.7 Å². The lowest BCUT2D eigenvalue weighted by Crippen LogP contribution is -2.14. The molecule has 2 heterocycles. The summed E-state index contributed by atoms with van der Waals surface area (Å²) in [5.74, 6) is -0.0396. The topological polar surface area (TPSA) is 91.6 Å². The van der Waals surface area contributed by atoms with E-state index in [1.165, 1.54) is 28.7 Å². The smallest absolute Gasteiger partial charge is 0.236 e. The number of benzene rings is 1. The second-order valence-electron chi connectivity index (χ2n) is 5.52. The fraction of sp³-hybridized carbons (Fsp3) is 0.278. The molecule has 0 spiro atoms. The molecule has 0 saturated carbocycles. The third-order valence-electron chi connectivity index (χ3n) is 3.73. The Bertz CT molecular complexity index is 993. The van der Waals surface area contributed by atoms with Crippen molar-refractivity contribution in [2.24, 2.45) is 0 Å². The molecule has 0 saturated heterocycles. The molecule has 8 heteroatoms. The number of thioether (sulfide) groups is 1. The predicted octanol–water partition coefficient (Wildman–Crippen LogP) is 3.81.